The van der Waals surface area contributed by atoms with E-state index in [0.717, 1.165) is 82.0 Å². The molecule has 4 aliphatic rings. The molecule has 3 aromatic heterocycles. The number of nitrogens with zero attached hydrogens (tertiary/aromatic N) is 7. The summed E-state index contributed by atoms with van der Waals surface area (Å²) in [4.78, 5) is 83.1. The summed E-state index contributed by atoms with van der Waals surface area (Å²) < 4.78 is 2.25. The number of rotatable bonds is 8. The fourth-order valence-electron chi connectivity index (χ4n) is 8.82. The van der Waals surface area contributed by atoms with Crippen LogP contribution in [0.15, 0.2) is 67.0 Å². The highest BCUT2D eigenvalue weighted by molar-refractivity contribution is 6.06. The molecule has 0 aliphatic carbocycles. The van der Waals surface area contributed by atoms with Crippen molar-refractivity contribution in [3.05, 3.63) is 95.3 Å². The number of hydrogen-bond acceptors (Lipinski definition) is 9. The molecule has 2 saturated heterocycles. The third kappa shape index (κ3) is 6.58. The number of imide groups is 1. The molecule has 0 radical (unpaired) electrons. The summed E-state index contributed by atoms with van der Waals surface area (Å²) in [6.07, 6.45) is 5.75. The number of pyridine rings is 2. The highest BCUT2D eigenvalue weighted by Crippen LogP contribution is 2.37. The lowest BCUT2D eigenvalue weighted by atomic mass is 10.0. The van der Waals surface area contributed by atoms with Gasteiger partial charge in [-0.15, -0.1) is 0 Å². The Morgan fingerprint density at radius 1 is 0.930 bits per heavy atom. The Bertz CT molecular complexity index is 2480. The summed E-state index contributed by atoms with van der Waals surface area (Å²) >= 11 is 0. The van der Waals surface area contributed by atoms with Crippen molar-refractivity contribution in [1.29, 1.82) is 0 Å². The van der Waals surface area contributed by atoms with Gasteiger partial charge in [0.05, 0.1) is 23.6 Å². The van der Waals surface area contributed by atoms with Crippen LogP contribution >= 0.6 is 0 Å². The summed E-state index contributed by atoms with van der Waals surface area (Å²) in [6.45, 7) is 7.94. The van der Waals surface area contributed by atoms with E-state index in [1.807, 2.05) is 41.4 Å². The monoisotopic (exact) mass is 765 g/mol. The third-order valence-corrected chi connectivity index (χ3v) is 11.9. The van der Waals surface area contributed by atoms with Crippen molar-refractivity contribution >= 4 is 46.0 Å². The molecular formula is C43H43N9O5. The average molecular weight is 766 g/mol. The van der Waals surface area contributed by atoms with Crippen LogP contribution in [0.4, 0.5) is 5.69 Å². The van der Waals surface area contributed by atoms with Crippen LogP contribution in [-0.2, 0) is 40.4 Å². The molecule has 9 rings (SSSR count). The molecule has 4 aliphatic heterocycles. The van der Waals surface area contributed by atoms with E-state index in [-0.39, 0.29) is 36.0 Å². The van der Waals surface area contributed by atoms with Crippen LogP contribution in [0.1, 0.15) is 71.0 Å². The van der Waals surface area contributed by atoms with Crippen LogP contribution in [0.5, 0.6) is 0 Å². The predicted molar refractivity (Wildman–Crippen MR) is 212 cm³/mol. The maximum atomic E-state index is 13.3. The Morgan fingerprint density at radius 2 is 1.77 bits per heavy atom. The van der Waals surface area contributed by atoms with Gasteiger partial charge in [-0.1, -0.05) is 31.2 Å². The van der Waals surface area contributed by atoms with Crippen LogP contribution in [0.2, 0.25) is 0 Å². The van der Waals surface area contributed by atoms with Gasteiger partial charge in [0.2, 0.25) is 17.7 Å². The van der Waals surface area contributed by atoms with Crippen molar-refractivity contribution in [2.75, 3.05) is 31.1 Å². The number of imidazole rings is 1. The maximum absolute atomic E-state index is 13.3. The second kappa shape index (κ2) is 14.6. The van der Waals surface area contributed by atoms with Crippen LogP contribution in [-0.4, -0.2) is 91.1 Å². The second-order valence-corrected chi connectivity index (χ2v) is 15.3. The lowest BCUT2D eigenvalue weighted by Crippen LogP contribution is -2.52. The standard InChI is InChI=1S/C43H43N9O5/c1-3-38-47-40(37-24-49(25(2)53)16-17-51(37)38)29-7-4-6-27-18-34(45-21-31(27)29)28-10-11-33(44-20-28)41(55)46-19-26-14-15-50(22-26)35-9-5-8-30-32(35)23-52(43(30)57)36-12-13-39(54)48-42(36)56/h4-11,18,20-21,26,36H,3,12-17,19,22-24H2,1-2H3,(H,46,55)(H,48,54,56)/t26-,36?/m0/s1. The van der Waals surface area contributed by atoms with E-state index in [9.17, 15) is 24.0 Å². The molecule has 57 heavy (non-hydrogen) atoms. The van der Waals surface area contributed by atoms with Crippen molar-refractivity contribution in [2.45, 2.75) is 65.2 Å². The zero-order valence-electron chi connectivity index (χ0n) is 32.0. The summed E-state index contributed by atoms with van der Waals surface area (Å²) in [7, 11) is 0. The summed E-state index contributed by atoms with van der Waals surface area (Å²) in [5.41, 5.74) is 7.22. The molecule has 2 aromatic carbocycles. The lowest BCUT2D eigenvalue weighted by molar-refractivity contribution is -0.137. The van der Waals surface area contributed by atoms with E-state index in [0.29, 0.717) is 50.4 Å². The minimum atomic E-state index is -0.660. The van der Waals surface area contributed by atoms with Gasteiger partial charge in [0.1, 0.15) is 17.6 Å². The van der Waals surface area contributed by atoms with E-state index in [2.05, 4.69) is 44.1 Å². The Hall–Kier alpha value is -6.44. The highest BCUT2D eigenvalue weighted by Gasteiger charge is 2.41. The van der Waals surface area contributed by atoms with E-state index in [1.165, 1.54) is 0 Å². The quantitative estimate of drug-likeness (QED) is 0.222. The first-order valence-corrected chi connectivity index (χ1v) is 19.7. The Labute approximate surface area is 329 Å². The van der Waals surface area contributed by atoms with Crippen molar-refractivity contribution < 1.29 is 24.0 Å². The maximum Gasteiger partial charge on any atom is 0.269 e. The number of benzene rings is 2. The van der Waals surface area contributed by atoms with Gasteiger partial charge in [0.15, 0.2) is 0 Å². The molecular weight excluding hydrogens is 723 g/mol. The minimum Gasteiger partial charge on any atom is -0.371 e. The van der Waals surface area contributed by atoms with Crippen LogP contribution in [0.3, 0.4) is 0 Å². The molecule has 7 heterocycles. The number of amides is 5. The lowest BCUT2D eigenvalue weighted by Gasteiger charge is -2.29. The van der Waals surface area contributed by atoms with Crippen LogP contribution < -0.4 is 15.5 Å². The molecule has 1 unspecified atom stereocenters. The van der Waals surface area contributed by atoms with Crippen molar-refractivity contribution in [2.24, 2.45) is 5.92 Å². The SMILES string of the molecule is CCc1nc(-c2cccc3cc(-c4ccc(C(=O)NC[C@@H]5CCN(c6cccc7c6CN(C6CCC(=O)NC6=O)C7=O)C5)nc4)ncc23)c2n1CCN(C(C)=O)C2. The number of fused-ring (bicyclic) bond motifs is 3. The number of aromatic nitrogens is 4. The summed E-state index contributed by atoms with van der Waals surface area (Å²) in [6, 6.07) is 16.8. The first-order chi connectivity index (χ1) is 27.7. The Morgan fingerprint density at radius 3 is 2.56 bits per heavy atom. The molecule has 14 nitrogen and oxygen atoms in total. The molecule has 2 atom stereocenters. The highest BCUT2D eigenvalue weighted by atomic mass is 16.2. The smallest absolute Gasteiger partial charge is 0.269 e. The van der Waals surface area contributed by atoms with Gasteiger partial charge >= 0.3 is 0 Å². The van der Waals surface area contributed by atoms with Gasteiger partial charge in [-0.3, -0.25) is 39.3 Å². The van der Waals surface area contributed by atoms with E-state index in [4.69, 9.17) is 9.97 Å². The third-order valence-electron chi connectivity index (χ3n) is 11.9. The topological polar surface area (TPSA) is 163 Å². The molecule has 0 bridgehead atoms. The fourth-order valence-corrected chi connectivity index (χ4v) is 8.82. The number of carbonyl (C=O) groups excluding carboxylic acids is 5. The normalized spacial score (nSPS) is 19.2. The Balaban J connectivity index is 0.845. The fraction of sp³-hybridized carbons (Fsp3) is 0.349. The summed E-state index contributed by atoms with van der Waals surface area (Å²) in [5.74, 6) is 0.109. The molecule has 2 fully saturated rings. The average Bonchev–Trinajstić information content (AvgIpc) is 3.95. The summed E-state index contributed by atoms with van der Waals surface area (Å²) in [5, 5.41) is 7.40. The molecule has 5 aromatic rings. The van der Waals surface area contributed by atoms with Gasteiger partial charge in [-0.2, -0.15) is 0 Å². The van der Waals surface area contributed by atoms with E-state index < -0.39 is 11.9 Å². The zero-order chi connectivity index (χ0) is 39.4. The number of aryl methyl sites for hydroxylation is 1. The van der Waals surface area contributed by atoms with Crippen molar-refractivity contribution in [3.8, 4) is 22.5 Å². The molecule has 14 heteroatoms. The van der Waals surface area contributed by atoms with Gasteiger partial charge < -0.3 is 24.6 Å². The molecule has 290 valence electrons. The second-order valence-electron chi connectivity index (χ2n) is 15.3. The largest absolute Gasteiger partial charge is 0.371 e. The first kappa shape index (κ1) is 36.2. The minimum absolute atomic E-state index is 0.0591. The number of hydrogen-bond donors (Lipinski definition) is 2. The Kier molecular flexibility index (Phi) is 9.26. The van der Waals surface area contributed by atoms with Gasteiger partial charge in [0, 0.05) is 105 Å². The van der Waals surface area contributed by atoms with Gasteiger partial charge in [-0.05, 0) is 54.5 Å². The molecule has 2 N–H and O–H groups in total. The number of carbonyl (C=O) groups is 5. The first-order valence-electron chi connectivity index (χ1n) is 19.7. The molecule has 0 spiro atoms. The molecule has 5 amide bonds. The predicted octanol–water partition coefficient (Wildman–Crippen LogP) is 4.10. The number of piperidine rings is 1. The van der Waals surface area contributed by atoms with Gasteiger partial charge in [-0.25, -0.2) is 4.98 Å². The van der Waals surface area contributed by atoms with E-state index in [1.54, 1.807) is 30.2 Å². The van der Waals surface area contributed by atoms with E-state index >= 15 is 0 Å². The van der Waals surface area contributed by atoms with Crippen LogP contribution in [0.25, 0.3) is 33.3 Å². The number of anilines is 1. The zero-order valence-corrected chi connectivity index (χ0v) is 32.0. The molecule has 0 saturated carbocycles. The number of nitrogens with one attached hydrogen (secondary N) is 2. The van der Waals surface area contributed by atoms with Crippen LogP contribution in [0, 0.1) is 5.92 Å². The van der Waals surface area contributed by atoms with Crippen molar-refractivity contribution in [3.63, 3.8) is 0 Å². The van der Waals surface area contributed by atoms with Gasteiger partial charge in [0.25, 0.3) is 11.8 Å². The van der Waals surface area contributed by atoms with Crippen molar-refractivity contribution in [1.82, 2.24) is 40.0 Å².